The molecule has 0 aliphatic heterocycles. The largest absolute Gasteiger partial charge is 0.378 e. The Morgan fingerprint density at radius 3 is 3.00 bits per heavy atom. The number of aromatic nitrogens is 2. The lowest BCUT2D eigenvalue weighted by molar-refractivity contribution is 1.08. The number of benzene rings is 1. The molecule has 0 aliphatic carbocycles. The van der Waals surface area contributed by atoms with Crippen LogP contribution in [0.2, 0.25) is 0 Å². The Hall–Kier alpha value is -1.94. The molecule has 3 rings (SSSR count). The number of nitrogens with one attached hydrogen (secondary N) is 1. The van der Waals surface area contributed by atoms with Crippen LogP contribution in [0.1, 0.15) is 10.7 Å². The Labute approximate surface area is 110 Å². The molecule has 0 amide bonds. The second kappa shape index (κ2) is 4.74. The number of anilines is 1. The van der Waals surface area contributed by atoms with Crippen LogP contribution in [0.3, 0.4) is 0 Å². The van der Waals surface area contributed by atoms with Crippen molar-refractivity contribution in [1.29, 1.82) is 0 Å². The molecule has 0 bridgehead atoms. The molecule has 3 nitrogen and oxygen atoms in total. The molecule has 0 unspecified atom stereocenters. The molecule has 0 spiro atoms. The van der Waals surface area contributed by atoms with E-state index in [2.05, 4.69) is 32.8 Å². The lowest BCUT2D eigenvalue weighted by atomic mass is 10.2. The number of aryl methyl sites for hydroxylation is 1. The van der Waals surface area contributed by atoms with Crippen molar-refractivity contribution < 1.29 is 0 Å². The predicted octanol–water partition coefficient (Wildman–Crippen LogP) is 3.61. The molecule has 0 fully saturated rings. The van der Waals surface area contributed by atoms with Gasteiger partial charge in [-0.15, -0.1) is 11.3 Å². The molecule has 1 N–H and O–H groups in total. The highest BCUT2D eigenvalue weighted by atomic mass is 32.1. The predicted molar refractivity (Wildman–Crippen MR) is 75.9 cm³/mol. The van der Waals surface area contributed by atoms with E-state index in [1.165, 1.54) is 0 Å². The van der Waals surface area contributed by atoms with Crippen LogP contribution in [0.15, 0.2) is 41.9 Å². The second-order valence-corrected chi connectivity index (χ2v) is 5.05. The van der Waals surface area contributed by atoms with Crippen LogP contribution in [0.25, 0.3) is 10.9 Å². The zero-order chi connectivity index (χ0) is 12.4. The van der Waals surface area contributed by atoms with Crippen LogP contribution < -0.4 is 5.32 Å². The first-order chi connectivity index (χ1) is 8.83. The van der Waals surface area contributed by atoms with Crippen molar-refractivity contribution in [2.24, 2.45) is 0 Å². The summed E-state index contributed by atoms with van der Waals surface area (Å²) in [4.78, 5) is 8.79. The Bertz CT molecular complexity index is 670. The molecule has 0 atom stereocenters. The third-order valence-corrected chi connectivity index (χ3v) is 3.71. The highest BCUT2D eigenvalue weighted by Crippen LogP contribution is 2.22. The average molecular weight is 255 g/mol. The summed E-state index contributed by atoms with van der Waals surface area (Å²) in [5.41, 5.74) is 3.20. The molecule has 1 aromatic carbocycles. The summed E-state index contributed by atoms with van der Waals surface area (Å²) in [6.45, 7) is 2.77. The molecular formula is C14H13N3S. The fourth-order valence-corrected chi connectivity index (χ4v) is 2.62. The number of hydrogen-bond acceptors (Lipinski definition) is 4. The number of fused-ring (bicyclic) bond motifs is 1. The first-order valence-electron chi connectivity index (χ1n) is 5.81. The molecule has 2 heterocycles. The van der Waals surface area contributed by atoms with Gasteiger partial charge >= 0.3 is 0 Å². The van der Waals surface area contributed by atoms with Gasteiger partial charge in [-0.3, -0.25) is 4.98 Å². The normalized spacial score (nSPS) is 10.7. The summed E-state index contributed by atoms with van der Waals surface area (Å²) in [6, 6.07) is 10.2. The van der Waals surface area contributed by atoms with Crippen LogP contribution in [0.4, 0.5) is 5.69 Å². The van der Waals surface area contributed by atoms with Gasteiger partial charge in [-0.2, -0.15) is 0 Å². The number of nitrogens with zero attached hydrogens (tertiary/aromatic N) is 2. The minimum atomic E-state index is 0.756. The third kappa shape index (κ3) is 2.19. The average Bonchev–Trinajstić information content (AvgIpc) is 2.82. The van der Waals surface area contributed by atoms with Gasteiger partial charge in [-0.05, 0) is 31.2 Å². The maximum absolute atomic E-state index is 4.45. The van der Waals surface area contributed by atoms with E-state index >= 15 is 0 Å². The number of hydrogen-bond donors (Lipinski definition) is 1. The highest BCUT2D eigenvalue weighted by Gasteiger charge is 2.02. The molecule has 0 aliphatic rings. The van der Waals surface area contributed by atoms with Gasteiger partial charge < -0.3 is 5.32 Å². The van der Waals surface area contributed by atoms with E-state index in [1.54, 1.807) is 11.3 Å². The number of thiazole rings is 1. The third-order valence-electron chi connectivity index (χ3n) is 2.74. The van der Waals surface area contributed by atoms with Gasteiger partial charge in [-0.25, -0.2) is 4.98 Å². The topological polar surface area (TPSA) is 37.8 Å². The van der Waals surface area contributed by atoms with Crippen molar-refractivity contribution in [1.82, 2.24) is 9.97 Å². The minimum absolute atomic E-state index is 0.756. The lowest BCUT2D eigenvalue weighted by Gasteiger charge is -2.07. The minimum Gasteiger partial charge on any atom is -0.378 e. The van der Waals surface area contributed by atoms with Crippen LogP contribution >= 0.6 is 11.3 Å². The fraction of sp³-hybridized carbons (Fsp3) is 0.143. The van der Waals surface area contributed by atoms with E-state index in [0.29, 0.717) is 0 Å². The Balaban J connectivity index is 1.86. The molecular weight excluding hydrogens is 242 g/mol. The van der Waals surface area contributed by atoms with Crippen LogP contribution in [-0.4, -0.2) is 9.97 Å². The summed E-state index contributed by atoms with van der Waals surface area (Å²) in [5, 5.41) is 7.75. The van der Waals surface area contributed by atoms with Gasteiger partial charge in [0.1, 0.15) is 5.01 Å². The van der Waals surface area contributed by atoms with Crippen LogP contribution in [0.5, 0.6) is 0 Å². The summed E-state index contributed by atoms with van der Waals surface area (Å²) in [5.74, 6) is 0. The second-order valence-electron chi connectivity index (χ2n) is 4.11. The Morgan fingerprint density at radius 2 is 2.17 bits per heavy atom. The Kier molecular flexibility index (Phi) is 2.94. The van der Waals surface area contributed by atoms with Crippen molar-refractivity contribution in [2.45, 2.75) is 13.5 Å². The van der Waals surface area contributed by atoms with Crippen LogP contribution in [0, 0.1) is 6.92 Å². The Morgan fingerprint density at radius 1 is 1.22 bits per heavy atom. The van der Waals surface area contributed by atoms with Crippen molar-refractivity contribution >= 4 is 27.9 Å². The van der Waals surface area contributed by atoms with E-state index in [0.717, 1.165) is 33.8 Å². The standard InChI is InChI=1S/C14H13N3S/c1-10-9-18-14(17-10)8-16-13-6-2-5-12-11(13)4-3-7-15-12/h2-7,9,16H,8H2,1H3. The molecule has 4 heteroatoms. The highest BCUT2D eigenvalue weighted by molar-refractivity contribution is 7.09. The van der Waals surface area contributed by atoms with Gasteiger partial charge in [0.05, 0.1) is 12.1 Å². The SMILES string of the molecule is Cc1csc(CNc2cccc3ncccc23)n1. The van der Waals surface area contributed by atoms with Gasteiger partial charge in [0.15, 0.2) is 0 Å². The fourth-order valence-electron chi connectivity index (χ4n) is 1.91. The van der Waals surface area contributed by atoms with Crippen molar-refractivity contribution in [3.63, 3.8) is 0 Å². The van der Waals surface area contributed by atoms with Crippen molar-refractivity contribution in [3.8, 4) is 0 Å². The van der Waals surface area contributed by atoms with Crippen molar-refractivity contribution in [2.75, 3.05) is 5.32 Å². The van der Waals surface area contributed by atoms with E-state index in [-0.39, 0.29) is 0 Å². The van der Waals surface area contributed by atoms with E-state index in [4.69, 9.17) is 0 Å². The summed E-state index contributed by atoms with van der Waals surface area (Å²) >= 11 is 1.68. The van der Waals surface area contributed by atoms with Crippen molar-refractivity contribution in [3.05, 3.63) is 52.6 Å². The van der Waals surface area contributed by atoms with E-state index in [1.807, 2.05) is 31.3 Å². The number of rotatable bonds is 3. The molecule has 2 aromatic heterocycles. The first kappa shape index (κ1) is 11.2. The van der Waals surface area contributed by atoms with E-state index in [9.17, 15) is 0 Å². The quantitative estimate of drug-likeness (QED) is 0.777. The number of pyridine rings is 1. The molecule has 0 saturated heterocycles. The molecule has 0 saturated carbocycles. The summed E-state index contributed by atoms with van der Waals surface area (Å²) < 4.78 is 0. The lowest BCUT2D eigenvalue weighted by Crippen LogP contribution is -1.99. The molecule has 18 heavy (non-hydrogen) atoms. The zero-order valence-corrected chi connectivity index (χ0v) is 10.9. The molecule has 90 valence electrons. The van der Waals surface area contributed by atoms with Gasteiger partial charge in [0.2, 0.25) is 0 Å². The monoisotopic (exact) mass is 255 g/mol. The summed E-state index contributed by atoms with van der Waals surface area (Å²) in [6.07, 6.45) is 1.82. The van der Waals surface area contributed by atoms with E-state index < -0.39 is 0 Å². The molecule has 0 radical (unpaired) electrons. The molecule has 3 aromatic rings. The van der Waals surface area contributed by atoms with Gasteiger partial charge in [-0.1, -0.05) is 6.07 Å². The van der Waals surface area contributed by atoms with Gasteiger partial charge in [0.25, 0.3) is 0 Å². The maximum Gasteiger partial charge on any atom is 0.112 e. The maximum atomic E-state index is 4.45. The summed E-state index contributed by atoms with van der Waals surface area (Å²) in [7, 11) is 0. The zero-order valence-electron chi connectivity index (χ0n) is 10.1. The first-order valence-corrected chi connectivity index (χ1v) is 6.69. The smallest absolute Gasteiger partial charge is 0.112 e. The van der Waals surface area contributed by atoms with Gasteiger partial charge in [0, 0.05) is 28.3 Å². The van der Waals surface area contributed by atoms with Crippen LogP contribution in [-0.2, 0) is 6.54 Å².